The zero-order valence-corrected chi connectivity index (χ0v) is 16.8. The first-order chi connectivity index (χ1) is 13.6. The number of nitrogens with one attached hydrogen (secondary N) is 1. The fraction of sp³-hybridized carbons (Fsp3) is 0.333. The van der Waals surface area contributed by atoms with Crippen molar-refractivity contribution in [2.24, 2.45) is 0 Å². The van der Waals surface area contributed by atoms with E-state index >= 15 is 0 Å². The van der Waals surface area contributed by atoms with Crippen LogP contribution in [0.2, 0.25) is 0 Å². The Balaban J connectivity index is 1.40. The first kappa shape index (κ1) is 18.7. The predicted molar refractivity (Wildman–Crippen MR) is 110 cm³/mol. The van der Waals surface area contributed by atoms with Crippen molar-refractivity contribution in [2.75, 3.05) is 19.0 Å². The van der Waals surface area contributed by atoms with Gasteiger partial charge in [0.05, 0.1) is 18.8 Å². The van der Waals surface area contributed by atoms with Crippen molar-refractivity contribution in [1.29, 1.82) is 0 Å². The highest BCUT2D eigenvalue weighted by Crippen LogP contribution is 2.28. The number of methoxy groups -OCH3 is 1. The average Bonchev–Trinajstić information content (AvgIpc) is 3.44. The minimum Gasteiger partial charge on any atom is -0.497 e. The first-order valence-electron chi connectivity index (χ1n) is 9.32. The van der Waals surface area contributed by atoms with Crippen LogP contribution in [0.1, 0.15) is 24.3 Å². The highest BCUT2D eigenvalue weighted by Gasteiger charge is 2.31. The normalized spacial score (nSPS) is 17.0. The standard InChI is InChI=1S/C21H23N3O3S/c1-14-5-10-19(27-14)21-23-16(13-28-21)12-24-11-3-4-18(24)20(25)22-15-6-8-17(26-2)9-7-15/h5-10,13,18H,3-4,11-12H2,1-2H3,(H,22,25)/t18-/m0/s1. The number of carbonyl (C=O) groups excluding carboxylic acids is 1. The Bertz CT molecular complexity index is 948. The molecule has 7 heteroatoms. The highest BCUT2D eigenvalue weighted by molar-refractivity contribution is 7.13. The van der Waals surface area contributed by atoms with Gasteiger partial charge in [0.2, 0.25) is 5.91 Å². The number of thiazole rings is 1. The number of carbonyl (C=O) groups is 1. The van der Waals surface area contributed by atoms with Gasteiger partial charge in [-0.05, 0) is 62.7 Å². The van der Waals surface area contributed by atoms with E-state index in [4.69, 9.17) is 14.1 Å². The second kappa shape index (κ2) is 8.16. The topological polar surface area (TPSA) is 67.6 Å². The van der Waals surface area contributed by atoms with Crippen molar-refractivity contribution in [3.8, 4) is 16.5 Å². The number of nitrogens with zero attached hydrogens (tertiary/aromatic N) is 2. The lowest BCUT2D eigenvalue weighted by atomic mass is 10.2. The molecule has 1 aromatic carbocycles. The molecule has 1 amide bonds. The maximum absolute atomic E-state index is 12.8. The second-order valence-corrected chi connectivity index (χ2v) is 7.76. The molecule has 3 heterocycles. The minimum absolute atomic E-state index is 0.0276. The number of aromatic nitrogens is 1. The molecule has 1 N–H and O–H groups in total. The fourth-order valence-corrected chi connectivity index (χ4v) is 4.23. The summed E-state index contributed by atoms with van der Waals surface area (Å²) >= 11 is 1.57. The van der Waals surface area contributed by atoms with E-state index in [9.17, 15) is 4.79 Å². The third-order valence-electron chi connectivity index (χ3n) is 4.89. The van der Waals surface area contributed by atoms with Crippen molar-refractivity contribution >= 4 is 22.9 Å². The van der Waals surface area contributed by atoms with Gasteiger partial charge < -0.3 is 14.5 Å². The quantitative estimate of drug-likeness (QED) is 0.671. The van der Waals surface area contributed by atoms with Crippen LogP contribution in [0, 0.1) is 6.92 Å². The van der Waals surface area contributed by atoms with Crippen LogP contribution >= 0.6 is 11.3 Å². The van der Waals surface area contributed by atoms with Crippen LogP contribution in [0.4, 0.5) is 5.69 Å². The van der Waals surface area contributed by atoms with E-state index in [0.29, 0.717) is 6.54 Å². The number of benzene rings is 1. The SMILES string of the molecule is COc1ccc(NC(=O)[C@@H]2CCCN2Cc2csc(-c3ccc(C)o3)n2)cc1. The lowest BCUT2D eigenvalue weighted by molar-refractivity contribution is -0.120. The number of aryl methyl sites for hydroxylation is 1. The van der Waals surface area contributed by atoms with Crippen molar-refractivity contribution in [3.05, 3.63) is 53.2 Å². The van der Waals surface area contributed by atoms with Crippen LogP contribution < -0.4 is 10.1 Å². The van der Waals surface area contributed by atoms with Crippen LogP contribution in [-0.2, 0) is 11.3 Å². The number of anilines is 1. The maximum atomic E-state index is 12.8. The molecule has 1 atom stereocenters. The average molecular weight is 398 g/mol. The van der Waals surface area contributed by atoms with E-state index in [2.05, 4.69) is 10.2 Å². The molecule has 1 fully saturated rings. The summed E-state index contributed by atoms with van der Waals surface area (Å²) < 4.78 is 10.8. The molecular weight excluding hydrogens is 374 g/mol. The minimum atomic E-state index is -0.141. The maximum Gasteiger partial charge on any atom is 0.241 e. The number of hydrogen-bond donors (Lipinski definition) is 1. The Morgan fingerprint density at radius 2 is 2.14 bits per heavy atom. The summed E-state index contributed by atoms with van der Waals surface area (Å²) in [6.07, 6.45) is 1.87. The number of likely N-dealkylation sites (tertiary alicyclic amines) is 1. The monoisotopic (exact) mass is 397 g/mol. The van der Waals surface area contributed by atoms with Gasteiger partial charge in [0.25, 0.3) is 0 Å². The van der Waals surface area contributed by atoms with Gasteiger partial charge in [0.1, 0.15) is 11.5 Å². The molecule has 1 aliphatic rings. The summed E-state index contributed by atoms with van der Waals surface area (Å²) in [6.45, 7) is 3.48. The number of rotatable bonds is 6. The molecule has 146 valence electrons. The summed E-state index contributed by atoms with van der Waals surface area (Å²) in [5, 5.41) is 5.94. The molecule has 6 nitrogen and oxygen atoms in total. The van der Waals surface area contributed by atoms with Crippen LogP contribution in [0.5, 0.6) is 5.75 Å². The molecule has 0 saturated carbocycles. The zero-order valence-electron chi connectivity index (χ0n) is 16.0. The van der Waals surface area contributed by atoms with Crippen molar-refractivity contribution < 1.29 is 13.9 Å². The molecule has 1 saturated heterocycles. The largest absolute Gasteiger partial charge is 0.497 e. The summed E-state index contributed by atoms with van der Waals surface area (Å²) in [5.74, 6) is 2.47. The molecule has 0 unspecified atom stereocenters. The van der Waals surface area contributed by atoms with E-state index in [1.165, 1.54) is 0 Å². The molecule has 0 spiro atoms. The van der Waals surface area contributed by atoms with Gasteiger partial charge in [-0.2, -0.15) is 0 Å². The van der Waals surface area contributed by atoms with E-state index in [1.807, 2.05) is 48.7 Å². The van der Waals surface area contributed by atoms with Gasteiger partial charge in [-0.25, -0.2) is 4.98 Å². The predicted octanol–water partition coefficient (Wildman–Crippen LogP) is 4.32. The summed E-state index contributed by atoms with van der Waals surface area (Å²) in [5.41, 5.74) is 1.75. The van der Waals surface area contributed by atoms with Gasteiger partial charge >= 0.3 is 0 Å². The van der Waals surface area contributed by atoms with Crippen LogP contribution in [-0.4, -0.2) is 35.5 Å². The van der Waals surface area contributed by atoms with Crippen molar-refractivity contribution in [3.63, 3.8) is 0 Å². The lowest BCUT2D eigenvalue weighted by Crippen LogP contribution is -2.39. The lowest BCUT2D eigenvalue weighted by Gasteiger charge is -2.22. The number of ether oxygens (including phenoxy) is 1. The van der Waals surface area contributed by atoms with Crippen molar-refractivity contribution in [1.82, 2.24) is 9.88 Å². The molecule has 0 radical (unpaired) electrons. The van der Waals surface area contributed by atoms with Gasteiger partial charge in [0.15, 0.2) is 10.8 Å². The first-order valence-corrected chi connectivity index (χ1v) is 10.2. The number of hydrogen-bond acceptors (Lipinski definition) is 6. The van der Waals surface area contributed by atoms with E-state index in [-0.39, 0.29) is 11.9 Å². The van der Waals surface area contributed by atoms with E-state index in [0.717, 1.165) is 53.0 Å². The van der Waals surface area contributed by atoms with E-state index < -0.39 is 0 Å². The molecule has 28 heavy (non-hydrogen) atoms. The Kier molecular flexibility index (Phi) is 5.45. The van der Waals surface area contributed by atoms with Gasteiger partial charge in [-0.1, -0.05) is 0 Å². The second-order valence-electron chi connectivity index (χ2n) is 6.90. The Morgan fingerprint density at radius 1 is 1.32 bits per heavy atom. The van der Waals surface area contributed by atoms with Crippen molar-refractivity contribution in [2.45, 2.75) is 32.4 Å². The third-order valence-corrected chi connectivity index (χ3v) is 5.80. The van der Waals surface area contributed by atoms with Crippen LogP contribution in [0.15, 0.2) is 46.2 Å². The third kappa shape index (κ3) is 4.10. The summed E-state index contributed by atoms with van der Waals surface area (Å²) in [7, 11) is 1.63. The Hall–Kier alpha value is -2.64. The molecule has 0 aliphatic carbocycles. The molecule has 3 aromatic rings. The van der Waals surface area contributed by atoms with Crippen LogP contribution in [0.25, 0.3) is 10.8 Å². The molecule has 2 aromatic heterocycles. The van der Waals surface area contributed by atoms with Gasteiger partial charge in [-0.15, -0.1) is 11.3 Å². The van der Waals surface area contributed by atoms with Crippen LogP contribution in [0.3, 0.4) is 0 Å². The highest BCUT2D eigenvalue weighted by atomic mass is 32.1. The summed E-state index contributed by atoms with van der Waals surface area (Å²) in [6, 6.07) is 11.1. The van der Waals surface area contributed by atoms with Gasteiger partial charge in [-0.3, -0.25) is 9.69 Å². The Morgan fingerprint density at radius 3 is 2.86 bits per heavy atom. The Labute approximate surface area is 168 Å². The molecular formula is C21H23N3O3S. The zero-order chi connectivity index (χ0) is 19.5. The van der Waals surface area contributed by atoms with E-state index in [1.54, 1.807) is 18.4 Å². The van der Waals surface area contributed by atoms with Gasteiger partial charge in [0, 0.05) is 17.6 Å². The number of amides is 1. The summed E-state index contributed by atoms with van der Waals surface area (Å²) in [4.78, 5) is 19.7. The molecule has 4 rings (SSSR count). The fourth-order valence-electron chi connectivity index (χ4n) is 3.46. The molecule has 0 bridgehead atoms. The molecule has 1 aliphatic heterocycles. The number of furan rings is 1. The smallest absolute Gasteiger partial charge is 0.241 e.